The molecule has 0 saturated heterocycles. The molecule has 3 N–H and O–H groups in total. The summed E-state index contributed by atoms with van der Waals surface area (Å²) in [6, 6.07) is 12.6. The third kappa shape index (κ3) is 3.89. The zero-order valence-electron chi connectivity index (χ0n) is 18.2. The van der Waals surface area contributed by atoms with E-state index in [9.17, 15) is 19.2 Å². The lowest BCUT2D eigenvalue weighted by molar-refractivity contribution is 0.102. The Morgan fingerprint density at radius 1 is 1.09 bits per heavy atom. The maximum absolute atomic E-state index is 13.4. The molecule has 168 valence electrons. The topological polar surface area (TPSA) is 133 Å². The summed E-state index contributed by atoms with van der Waals surface area (Å²) in [6.07, 6.45) is 0. The second kappa shape index (κ2) is 8.55. The molecule has 0 radical (unpaired) electrons. The molecule has 0 saturated carbocycles. The number of nitrogens with one attached hydrogen (secondary N) is 1. The van der Waals surface area contributed by atoms with Crippen molar-refractivity contribution in [3.63, 3.8) is 0 Å². The van der Waals surface area contributed by atoms with Gasteiger partial charge in [-0.2, -0.15) is 0 Å². The van der Waals surface area contributed by atoms with E-state index in [0.29, 0.717) is 21.7 Å². The largest absolute Gasteiger partial charge is 0.384 e. The van der Waals surface area contributed by atoms with Crippen LogP contribution in [0.3, 0.4) is 0 Å². The number of Topliss-reactive ketones (excluding diaryl/α,β-unsaturated/α-hetero) is 1. The Hall–Kier alpha value is -3.92. The molecule has 33 heavy (non-hydrogen) atoms. The number of aryl methyl sites for hydroxylation is 1. The molecule has 0 aliphatic carbocycles. The lowest BCUT2D eigenvalue weighted by Gasteiger charge is -2.16. The van der Waals surface area contributed by atoms with Gasteiger partial charge in [0.1, 0.15) is 11.4 Å². The van der Waals surface area contributed by atoms with E-state index < -0.39 is 17.0 Å². The van der Waals surface area contributed by atoms with E-state index in [1.807, 2.05) is 32.0 Å². The van der Waals surface area contributed by atoms with Gasteiger partial charge < -0.3 is 5.73 Å². The number of fused-ring (bicyclic) bond motifs is 1. The van der Waals surface area contributed by atoms with E-state index in [0.717, 1.165) is 27.5 Å². The van der Waals surface area contributed by atoms with Gasteiger partial charge >= 0.3 is 5.69 Å². The Labute approximate surface area is 191 Å². The fourth-order valence-corrected chi connectivity index (χ4v) is 4.39. The van der Waals surface area contributed by atoms with Gasteiger partial charge in [0.15, 0.2) is 10.9 Å². The number of para-hydroxylation sites is 1. The number of nitrogens with two attached hydrogens (primary N) is 1. The Balaban J connectivity index is 1.83. The fraction of sp³-hybridized carbons (Fsp3) is 0.174. The number of carbonyl (C=O) groups is 1. The average molecular weight is 464 g/mol. The quantitative estimate of drug-likeness (QED) is 0.263. The molecule has 0 spiro atoms. The maximum Gasteiger partial charge on any atom is 0.329 e. The summed E-state index contributed by atoms with van der Waals surface area (Å²) in [4.78, 5) is 56.9. The minimum Gasteiger partial charge on any atom is -0.384 e. The highest BCUT2D eigenvalue weighted by Crippen LogP contribution is 2.25. The van der Waals surface area contributed by atoms with Gasteiger partial charge in [-0.3, -0.25) is 28.5 Å². The second-order valence-electron chi connectivity index (χ2n) is 7.56. The van der Waals surface area contributed by atoms with Crippen molar-refractivity contribution in [3.05, 3.63) is 90.3 Å². The van der Waals surface area contributed by atoms with Gasteiger partial charge in [0, 0.05) is 7.05 Å². The van der Waals surface area contributed by atoms with Crippen molar-refractivity contribution in [2.45, 2.75) is 19.0 Å². The SMILES string of the molecule is Cc1cccc(-n2c(SCC(=O)c3c(N)n(C)c(=O)[nH]c3=O)nc3ccccc3c2=O)c1C. The highest BCUT2D eigenvalue weighted by atomic mass is 32.2. The number of nitrogen functional groups attached to an aromatic ring is 1. The Bertz CT molecular complexity index is 1600. The molecule has 0 aliphatic heterocycles. The third-order valence-electron chi connectivity index (χ3n) is 5.54. The van der Waals surface area contributed by atoms with Gasteiger partial charge in [0.25, 0.3) is 11.1 Å². The third-order valence-corrected chi connectivity index (χ3v) is 6.48. The van der Waals surface area contributed by atoms with E-state index >= 15 is 0 Å². The number of aromatic nitrogens is 4. The van der Waals surface area contributed by atoms with Crippen LogP contribution in [0.1, 0.15) is 21.5 Å². The highest BCUT2D eigenvalue weighted by molar-refractivity contribution is 7.99. The molecule has 0 atom stereocenters. The molecule has 2 aromatic heterocycles. The van der Waals surface area contributed by atoms with Crippen LogP contribution < -0.4 is 22.5 Å². The molecule has 9 nitrogen and oxygen atoms in total. The van der Waals surface area contributed by atoms with E-state index in [2.05, 4.69) is 9.97 Å². The smallest absolute Gasteiger partial charge is 0.329 e. The van der Waals surface area contributed by atoms with Crippen molar-refractivity contribution >= 4 is 34.3 Å². The van der Waals surface area contributed by atoms with Gasteiger partial charge in [-0.25, -0.2) is 9.78 Å². The average Bonchev–Trinajstić information content (AvgIpc) is 2.78. The first-order valence-electron chi connectivity index (χ1n) is 10.0. The summed E-state index contributed by atoms with van der Waals surface area (Å²) in [5.41, 5.74) is 6.81. The van der Waals surface area contributed by atoms with Crippen LogP contribution in [0.2, 0.25) is 0 Å². The predicted octanol–water partition coefficient (Wildman–Crippen LogP) is 1.95. The molecule has 4 aromatic rings. The lowest BCUT2D eigenvalue weighted by Crippen LogP contribution is -2.35. The van der Waals surface area contributed by atoms with Crippen LogP contribution in [0.5, 0.6) is 0 Å². The van der Waals surface area contributed by atoms with E-state index in [-0.39, 0.29) is 22.7 Å². The van der Waals surface area contributed by atoms with Crippen LogP contribution in [-0.4, -0.2) is 30.6 Å². The number of ketones is 1. The van der Waals surface area contributed by atoms with Gasteiger partial charge in [0.05, 0.1) is 22.3 Å². The number of aromatic amines is 1. The normalized spacial score (nSPS) is 11.1. The van der Waals surface area contributed by atoms with Crippen LogP contribution in [0.25, 0.3) is 16.6 Å². The number of thioether (sulfide) groups is 1. The fourth-order valence-electron chi connectivity index (χ4n) is 3.51. The summed E-state index contributed by atoms with van der Waals surface area (Å²) in [7, 11) is 1.36. The van der Waals surface area contributed by atoms with Gasteiger partial charge in [-0.1, -0.05) is 36.0 Å². The van der Waals surface area contributed by atoms with Crippen molar-refractivity contribution < 1.29 is 4.79 Å². The summed E-state index contributed by atoms with van der Waals surface area (Å²) in [5, 5.41) is 0.758. The molecule has 0 amide bonds. The lowest BCUT2D eigenvalue weighted by atomic mass is 10.1. The van der Waals surface area contributed by atoms with E-state index in [1.165, 1.54) is 11.6 Å². The molecule has 0 aliphatic rings. The number of anilines is 1. The number of hydrogen-bond donors (Lipinski definition) is 2. The van der Waals surface area contributed by atoms with Crippen LogP contribution in [0, 0.1) is 13.8 Å². The number of benzene rings is 2. The van der Waals surface area contributed by atoms with Crippen molar-refractivity contribution in [1.29, 1.82) is 0 Å². The number of rotatable bonds is 5. The monoisotopic (exact) mass is 463 g/mol. The van der Waals surface area contributed by atoms with Crippen LogP contribution in [0.4, 0.5) is 5.82 Å². The molecule has 0 unspecified atom stereocenters. The second-order valence-corrected chi connectivity index (χ2v) is 8.50. The molecule has 4 rings (SSSR count). The first-order valence-corrected chi connectivity index (χ1v) is 11.0. The zero-order chi connectivity index (χ0) is 23.9. The predicted molar refractivity (Wildman–Crippen MR) is 129 cm³/mol. The number of H-pyrrole nitrogens is 1. The van der Waals surface area contributed by atoms with Crippen LogP contribution in [-0.2, 0) is 7.05 Å². The minimum atomic E-state index is -0.848. The highest BCUT2D eigenvalue weighted by Gasteiger charge is 2.21. The van der Waals surface area contributed by atoms with Crippen molar-refractivity contribution in [2.24, 2.45) is 7.05 Å². The van der Waals surface area contributed by atoms with Crippen molar-refractivity contribution in [3.8, 4) is 5.69 Å². The molecule has 0 bridgehead atoms. The Morgan fingerprint density at radius 3 is 2.58 bits per heavy atom. The molecule has 2 aromatic carbocycles. The molecular formula is C23H21N5O4S. The van der Waals surface area contributed by atoms with Crippen molar-refractivity contribution in [2.75, 3.05) is 11.5 Å². The summed E-state index contributed by atoms with van der Waals surface area (Å²) in [5.74, 6) is -1.00. The van der Waals surface area contributed by atoms with Gasteiger partial charge in [-0.05, 0) is 43.2 Å². The molecule has 0 fully saturated rings. The number of carbonyl (C=O) groups excluding carboxylic acids is 1. The summed E-state index contributed by atoms with van der Waals surface area (Å²) < 4.78 is 2.48. The first kappa shape index (κ1) is 22.3. The zero-order valence-corrected chi connectivity index (χ0v) is 19.0. The summed E-state index contributed by atoms with van der Waals surface area (Å²) in [6.45, 7) is 3.86. The number of hydrogen-bond acceptors (Lipinski definition) is 7. The van der Waals surface area contributed by atoms with Gasteiger partial charge in [-0.15, -0.1) is 0 Å². The summed E-state index contributed by atoms with van der Waals surface area (Å²) >= 11 is 1.02. The van der Waals surface area contributed by atoms with Crippen LogP contribution in [0.15, 0.2) is 62.0 Å². The van der Waals surface area contributed by atoms with E-state index in [1.54, 1.807) is 24.3 Å². The Kier molecular flexibility index (Phi) is 5.77. The standard InChI is InChI=1S/C23H21N5O4S/c1-12-7-6-10-16(13(12)2)28-21(31)14-8-4-5-9-15(14)25-23(28)33-11-17(29)18-19(24)27(3)22(32)26-20(18)30/h4-10H,11,24H2,1-3H3,(H,26,30,32). The minimum absolute atomic E-state index is 0.207. The van der Waals surface area contributed by atoms with Crippen LogP contribution >= 0.6 is 11.8 Å². The number of nitrogens with zero attached hydrogens (tertiary/aromatic N) is 3. The van der Waals surface area contributed by atoms with Crippen molar-refractivity contribution in [1.82, 2.24) is 19.1 Å². The van der Waals surface area contributed by atoms with E-state index in [4.69, 9.17) is 5.73 Å². The molecule has 10 heteroatoms. The first-order chi connectivity index (χ1) is 15.7. The molecule has 2 heterocycles. The molecular weight excluding hydrogens is 442 g/mol. The van der Waals surface area contributed by atoms with Gasteiger partial charge in [0.2, 0.25) is 0 Å². The Morgan fingerprint density at radius 2 is 1.82 bits per heavy atom. The maximum atomic E-state index is 13.4.